The maximum atomic E-state index is 10.7. The number of carboxylic acids is 1. The summed E-state index contributed by atoms with van der Waals surface area (Å²) in [4.78, 5) is 12.8. The Hall–Kier alpha value is -1.37. The van der Waals surface area contributed by atoms with E-state index >= 15 is 0 Å². The minimum Gasteiger partial charge on any atom is -0.475 e. The van der Waals surface area contributed by atoms with E-state index in [-0.39, 0.29) is 12.4 Å². The van der Waals surface area contributed by atoms with Gasteiger partial charge in [-0.3, -0.25) is 4.90 Å². The molecular weight excluding hydrogens is 248 g/mol. The molecule has 2 rings (SSSR count). The summed E-state index contributed by atoms with van der Waals surface area (Å²) in [5.41, 5.74) is 0. The van der Waals surface area contributed by atoms with Gasteiger partial charge in [0.25, 0.3) is 0 Å². The van der Waals surface area contributed by atoms with E-state index in [4.69, 9.17) is 14.6 Å². The number of hydrogen-bond donors (Lipinski definition) is 3. The van der Waals surface area contributed by atoms with Crippen molar-refractivity contribution >= 4 is 5.97 Å². The van der Waals surface area contributed by atoms with Gasteiger partial charge in [0.1, 0.15) is 5.76 Å². The Bertz CT molecular complexity index is 413. The molecule has 1 fully saturated rings. The Labute approximate surface area is 112 Å². The topological polar surface area (TPSA) is 85.9 Å². The Kier molecular flexibility index (Phi) is 4.95. The third kappa shape index (κ3) is 4.05. The molecule has 0 bridgehead atoms. The van der Waals surface area contributed by atoms with Crippen molar-refractivity contribution in [1.82, 2.24) is 10.2 Å². The van der Waals surface area contributed by atoms with Crippen LogP contribution in [0.15, 0.2) is 16.5 Å². The average molecular weight is 268 g/mol. The highest BCUT2D eigenvalue weighted by Gasteiger charge is 2.19. The molecule has 1 unspecified atom stereocenters. The van der Waals surface area contributed by atoms with Crippen molar-refractivity contribution in [2.75, 3.05) is 26.2 Å². The van der Waals surface area contributed by atoms with Crippen LogP contribution in [0.4, 0.5) is 0 Å². The lowest BCUT2D eigenvalue weighted by molar-refractivity contribution is 0.0657. The average Bonchev–Trinajstić information content (AvgIpc) is 3.00. The van der Waals surface area contributed by atoms with Crippen LogP contribution in [0.1, 0.15) is 29.2 Å². The first-order chi connectivity index (χ1) is 9.19. The van der Waals surface area contributed by atoms with Gasteiger partial charge in [0.05, 0.1) is 13.2 Å². The smallest absolute Gasteiger partial charge is 0.371 e. The molecule has 3 N–H and O–H groups in total. The molecule has 1 atom stereocenters. The molecule has 0 spiro atoms. The normalized spacial score (nSPS) is 19.2. The second-order valence-electron chi connectivity index (χ2n) is 4.82. The number of carbonyl (C=O) groups is 1. The molecule has 1 aromatic rings. The number of nitrogens with one attached hydrogen (secondary N) is 1. The molecule has 1 aromatic heterocycles. The molecule has 1 saturated heterocycles. The van der Waals surface area contributed by atoms with E-state index in [0.29, 0.717) is 24.9 Å². The van der Waals surface area contributed by atoms with Crippen LogP contribution in [0.25, 0.3) is 0 Å². The van der Waals surface area contributed by atoms with Crippen molar-refractivity contribution < 1.29 is 19.4 Å². The van der Waals surface area contributed by atoms with Gasteiger partial charge in [-0.25, -0.2) is 4.79 Å². The fourth-order valence-corrected chi connectivity index (χ4v) is 2.40. The van der Waals surface area contributed by atoms with E-state index in [0.717, 1.165) is 19.5 Å². The zero-order valence-electron chi connectivity index (χ0n) is 10.8. The van der Waals surface area contributed by atoms with Crippen LogP contribution >= 0.6 is 0 Å². The van der Waals surface area contributed by atoms with Crippen LogP contribution in [0.2, 0.25) is 0 Å². The molecule has 2 heterocycles. The van der Waals surface area contributed by atoms with Gasteiger partial charge in [-0.15, -0.1) is 0 Å². The van der Waals surface area contributed by atoms with E-state index in [1.807, 2.05) is 0 Å². The van der Waals surface area contributed by atoms with Crippen LogP contribution in [-0.4, -0.2) is 53.4 Å². The van der Waals surface area contributed by atoms with Crippen LogP contribution in [0.3, 0.4) is 0 Å². The SMILES string of the molecule is O=C(O)c1ccc(CN(CCO)CC2CCCN2)o1. The molecule has 6 nitrogen and oxygen atoms in total. The highest BCUT2D eigenvalue weighted by atomic mass is 16.4. The molecular formula is C13H20N2O4. The van der Waals surface area contributed by atoms with Crippen molar-refractivity contribution in [2.24, 2.45) is 0 Å². The fraction of sp³-hybridized carbons (Fsp3) is 0.615. The monoisotopic (exact) mass is 268 g/mol. The summed E-state index contributed by atoms with van der Waals surface area (Å²) in [6.07, 6.45) is 2.32. The van der Waals surface area contributed by atoms with E-state index in [2.05, 4.69) is 10.2 Å². The fourth-order valence-electron chi connectivity index (χ4n) is 2.40. The minimum atomic E-state index is -1.06. The lowest BCUT2D eigenvalue weighted by Gasteiger charge is -2.23. The van der Waals surface area contributed by atoms with Crippen molar-refractivity contribution in [3.8, 4) is 0 Å². The van der Waals surface area contributed by atoms with E-state index in [1.54, 1.807) is 6.07 Å². The highest BCUT2D eigenvalue weighted by Crippen LogP contribution is 2.13. The van der Waals surface area contributed by atoms with E-state index in [9.17, 15) is 4.79 Å². The summed E-state index contributed by atoms with van der Waals surface area (Å²) in [6, 6.07) is 3.58. The lowest BCUT2D eigenvalue weighted by atomic mass is 10.2. The number of carboxylic acid groups (broad SMARTS) is 1. The molecule has 0 amide bonds. The van der Waals surface area contributed by atoms with Crippen LogP contribution in [-0.2, 0) is 6.54 Å². The van der Waals surface area contributed by atoms with Gasteiger partial charge in [-0.1, -0.05) is 0 Å². The van der Waals surface area contributed by atoms with Crippen molar-refractivity contribution in [3.05, 3.63) is 23.7 Å². The van der Waals surface area contributed by atoms with Gasteiger partial charge in [-0.2, -0.15) is 0 Å². The molecule has 0 aromatic carbocycles. The van der Waals surface area contributed by atoms with Crippen LogP contribution in [0.5, 0.6) is 0 Å². The van der Waals surface area contributed by atoms with Gasteiger partial charge < -0.3 is 19.9 Å². The largest absolute Gasteiger partial charge is 0.475 e. The van der Waals surface area contributed by atoms with Crippen LogP contribution in [0, 0.1) is 0 Å². The number of aromatic carboxylic acids is 1. The molecule has 0 saturated carbocycles. The van der Waals surface area contributed by atoms with Gasteiger partial charge in [-0.05, 0) is 31.5 Å². The zero-order chi connectivity index (χ0) is 13.7. The summed E-state index contributed by atoms with van der Waals surface area (Å²) in [5, 5.41) is 21.3. The van der Waals surface area contributed by atoms with Gasteiger partial charge >= 0.3 is 5.97 Å². The van der Waals surface area contributed by atoms with Gasteiger partial charge in [0.2, 0.25) is 5.76 Å². The molecule has 19 heavy (non-hydrogen) atoms. The first-order valence-corrected chi connectivity index (χ1v) is 6.57. The predicted molar refractivity (Wildman–Crippen MR) is 69.1 cm³/mol. The third-order valence-corrected chi connectivity index (χ3v) is 3.31. The van der Waals surface area contributed by atoms with Crippen molar-refractivity contribution in [1.29, 1.82) is 0 Å². The number of aliphatic hydroxyl groups excluding tert-OH is 1. The highest BCUT2D eigenvalue weighted by molar-refractivity contribution is 5.84. The molecule has 1 aliphatic heterocycles. The number of hydrogen-bond acceptors (Lipinski definition) is 5. The Balaban J connectivity index is 1.92. The Morgan fingerprint density at radius 2 is 2.37 bits per heavy atom. The lowest BCUT2D eigenvalue weighted by Crippen LogP contribution is -2.38. The maximum absolute atomic E-state index is 10.7. The molecule has 1 aliphatic rings. The molecule has 0 radical (unpaired) electrons. The summed E-state index contributed by atoms with van der Waals surface area (Å²) < 4.78 is 5.24. The Morgan fingerprint density at radius 3 is 2.95 bits per heavy atom. The van der Waals surface area contributed by atoms with Gasteiger partial charge in [0, 0.05) is 19.1 Å². The maximum Gasteiger partial charge on any atom is 0.371 e. The second-order valence-corrected chi connectivity index (χ2v) is 4.82. The van der Waals surface area contributed by atoms with E-state index < -0.39 is 5.97 Å². The summed E-state index contributed by atoms with van der Waals surface area (Å²) >= 11 is 0. The molecule has 6 heteroatoms. The van der Waals surface area contributed by atoms with Crippen LogP contribution < -0.4 is 5.32 Å². The third-order valence-electron chi connectivity index (χ3n) is 3.31. The predicted octanol–water partition coefficient (Wildman–Crippen LogP) is 0.524. The number of rotatable bonds is 7. The first kappa shape index (κ1) is 14.0. The van der Waals surface area contributed by atoms with Gasteiger partial charge in [0.15, 0.2) is 0 Å². The Morgan fingerprint density at radius 1 is 1.53 bits per heavy atom. The summed E-state index contributed by atoms with van der Waals surface area (Å²) in [7, 11) is 0. The van der Waals surface area contributed by atoms with E-state index in [1.165, 1.54) is 12.5 Å². The number of nitrogens with zero attached hydrogens (tertiary/aromatic N) is 1. The minimum absolute atomic E-state index is 0.0436. The number of aliphatic hydroxyl groups is 1. The van der Waals surface area contributed by atoms with Crippen molar-refractivity contribution in [2.45, 2.75) is 25.4 Å². The summed E-state index contributed by atoms with van der Waals surface area (Å²) in [6.45, 7) is 3.04. The zero-order valence-corrected chi connectivity index (χ0v) is 10.8. The van der Waals surface area contributed by atoms with Crippen molar-refractivity contribution in [3.63, 3.8) is 0 Å². The first-order valence-electron chi connectivity index (χ1n) is 6.57. The molecule has 106 valence electrons. The quantitative estimate of drug-likeness (QED) is 0.668. The second kappa shape index (κ2) is 6.70. The number of furan rings is 1. The standard InChI is InChI=1S/C13H20N2O4/c16-7-6-15(8-10-2-1-5-14-10)9-11-3-4-12(19-11)13(17)18/h3-4,10,14,16H,1-2,5-9H2,(H,17,18). The summed E-state index contributed by atoms with van der Waals surface area (Å²) in [5.74, 6) is -0.487. The molecule has 0 aliphatic carbocycles.